The number of amides is 2. The average molecular weight is 438 g/mol. The maximum absolute atomic E-state index is 13.0. The van der Waals surface area contributed by atoms with Crippen LogP contribution in [0.15, 0.2) is 24.3 Å². The van der Waals surface area contributed by atoms with Crippen molar-refractivity contribution < 1.29 is 22.4 Å². The van der Waals surface area contributed by atoms with Gasteiger partial charge in [0.1, 0.15) is 18.0 Å². The molecule has 3 rings (SSSR count). The highest BCUT2D eigenvalue weighted by Crippen LogP contribution is 2.32. The van der Waals surface area contributed by atoms with Crippen LogP contribution in [0.2, 0.25) is 0 Å². The van der Waals surface area contributed by atoms with E-state index in [1.54, 1.807) is 10.7 Å². The predicted octanol–water partition coefficient (Wildman–Crippen LogP) is 5.04. The van der Waals surface area contributed by atoms with Gasteiger partial charge in [-0.1, -0.05) is 13.8 Å². The molecule has 166 valence electrons. The second kappa shape index (κ2) is 8.40. The van der Waals surface area contributed by atoms with E-state index in [0.717, 1.165) is 28.9 Å². The fourth-order valence-electron chi connectivity index (χ4n) is 3.27. The Hall–Kier alpha value is -3.37. The molecule has 0 saturated carbocycles. The molecule has 0 saturated heterocycles. The van der Waals surface area contributed by atoms with Crippen molar-refractivity contribution in [2.45, 2.75) is 39.5 Å². The zero-order valence-corrected chi connectivity index (χ0v) is 17.4. The molecule has 0 fully saturated rings. The molecule has 1 aromatic carbocycles. The number of benzene rings is 1. The molecular formula is C20H22F4N6O. The van der Waals surface area contributed by atoms with Crippen molar-refractivity contribution in [2.75, 3.05) is 10.7 Å². The number of hydrogen-bond acceptors (Lipinski definition) is 4. The maximum Gasteiger partial charge on any atom is 0.416 e. The first-order valence-corrected chi connectivity index (χ1v) is 9.44. The number of alkyl halides is 4. The van der Waals surface area contributed by atoms with Crippen molar-refractivity contribution >= 4 is 28.6 Å². The van der Waals surface area contributed by atoms with Gasteiger partial charge in [-0.25, -0.2) is 14.2 Å². The predicted molar refractivity (Wildman–Crippen MR) is 109 cm³/mol. The minimum atomic E-state index is -4.66. The monoisotopic (exact) mass is 438 g/mol. The lowest BCUT2D eigenvalue weighted by Crippen LogP contribution is -2.34. The number of hydrogen-bond donors (Lipinski definition) is 3. The Kier molecular flexibility index (Phi) is 6.05. The number of fused-ring (bicyclic) bond motifs is 1. The summed E-state index contributed by atoms with van der Waals surface area (Å²) in [7, 11) is 1.82. The lowest BCUT2D eigenvalue weighted by Gasteiger charge is -2.14. The Morgan fingerprint density at radius 3 is 2.52 bits per heavy atom. The van der Waals surface area contributed by atoms with Gasteiger partial charge < -0.3 is 5.32 Å². The van der Waals surface area contributed by atoms with Crippen molar-refractivity contribution in [3.63, 3.8) is 0 Å². The van der Waals surface area contributed by atoms with E-state index in [0.29, 0.717) is 17.4 Å². The number of hydrazine groups is 1. The van der Waals surface area contributed by atoms with E-state index in [2.05, 4.69) is 26.3 Å². The Labute approximate surface area is 175 Å². The summed E-state index contributed by atoms with van der Waals surface area (Å²) in [6, 6.07) is 3.50. The number of carbonyl (C=O) groups excluding carboxylic acids is 1. The average Bonchev–Trinajstić information content (AvgIpc) is 2.98. The standard InChI is InChI=1S/C20H22F4N6O/c1-10(2)15-8-16(26-17-11(3)29-30(4)18(15)17)27-28-19(31)25-14-6-12(9-21)5-13(7-14)20(22,23)24/h5-8,10H,9H2,1-4H3,(H,26,27)(H2,25,28,31). The third-order valence-corrected chi connectivity index (χ3v) is 4.65. The number of urea groups is 1. The van der Waals surface area contributed by atoms with E-state index in [1.165, 1.54) is 0 Å². The van der Waals surface area contributed by atoms with Gasteiger partial charge in [-0.15, -0.1) is 0 Å². The summed E-state index contributed by atoms with van der Waals surface area (Å²) in [5.74, 6) is 0.495. The minimum absolute atomic E-state index is 0.152. The highest BCUT2D eigenvalue weighted by Gasteiger charge is 2.31. The van der Waals surface area contributed by atoms with Crippen molar-refractivity contribution in [3.8, 4) is 0 Å². The van der Waals surface area contributed by atoms with E-state index in [-0.39, 0.29) is 17.2 Å². The molecule has 3 aromatic rings. The lowest BCUT2D eigenvalue weighted by atomic mass is 10.0. The fourth-order valence-corrected chi connectivity index (χ4v) is 3.27. The molecule has 0 aliphatic heterocycles. The van der Waals surface area contributed by atoms with Gasteiger partial charge in [0, 0.05) is 12.7 Å². The van der Waals surface area contributed by atoms with Crippen molar-refractivity contribution in [2.24, 2.45) is 7.05 Å². The van der Waals surface area contributed by atoms with Gasteiger partial charge in [-0.2, -0.15) is 18.3 Å². The van der Waals surface area contributed by atoms with Crippen LogP contribution in [0.5, 0.6) is 0 Å². The van der Waals surface area contributed by atoms with Crippen LogP contribution in [0.25, 0.3) is 11.0 Å². The number of pyridine rings is 1. The maximum atomic E-state index is 13.0. The largest absolute Gasteiger partial charge is 0.416 e. The zero-order valence-electron chi connectivity index (χ0n) is 17.4. The lowest BCUT2D eigenvalue weighted by molar-refractivity contribution is -0.137. The van der Waals surface area contributed by atoms with Crippen LogP contribution in [0.4, 0.5) is 33.9 Å². The fraction of sp³-hybridized carbons (Fsp3) is 0.350. The van der Waals surface area contributed by atoms with Gasteiger partial charge >= 0.3 is 12.2 Å². The van der Waals surface area contributed by atoms with E-state index < -0.39 is 24.4 Å². The summed E-state index contributed by atoms with van der Waals surface area (Å²) in [4.78, 5) is 16.7. The number of rotatable bonds is 5. The van der Waals surface area contributed by atoms with Gasteiger partial charge in [0.05, 0.1) is 16.8 Å². The second-order valence-corrected chi connectivity index (χ2v) is 7.41. The molecule has 31 heavy (non-hydrogen) atoms. The highest BCUT2D eigenvalue weighted by molar-refractivity contribution is 5.90. The molecule has 2 aromatic heterocycles. The number of aromatic nitrogens is 3. The molecule has 0 aliphatic carbocycles. The van der Waals surface area contributed by atoms with E-state index in [1.807, 2.05) is 27.8 Å². The molecule has 0 bridgehead atoms. The molecule has 3 N–H and O–H groups in total. The number of aryl methyl sites for hydroxylation is 2. The zero-order chi connectivity index (χ0) is 22.9. The second-order valence-electron chi connectivity index (χ2n) is 7.41. The Balaban J connectivity index is 1.79. The van der Waals surface area contributed by atoms with Gasteiger partial charge in [-0.05, 0) is 48.2 Å². The quantitative estimate of drug-likeness (QED) is 0.385. The topological polar surface area (TPSA) is 83.9 Å². The molecule has 7 nitrogen and oxygen atoms in total. The van der Waals surface area contributed by atoms with Crippen LogP contribution < -0.4 is 16.2 Å². The van der Waals surface area contributed by atoms with E-state index in [9.17, 15) is 22.4 Å². The summed E-state index contributed by atoms with van der Waals surface area (Å²) >= 11 is 0. The van der Waals surface area contributed by atoms with Crippen LogP contribution in [0.3, 0.4) is 0 Å². The van der Waals surface area contributed by atoms with Gasteiger partial charge in [0.15, 0.2) is 0 Å². The molecule has 0 radical (unpaired) electrons. The SMILES string of the molecule is Cc1nn(C)c2c(C(C)C)cc(NNC(=O)Nc3cc(CF)cc(C(F)(F)F)c3)nc12. The molecule has 0 aliphatic rings. The first-order chi connectivity index (χ1) is 14.5. The van der Waals surface area contributed by atoms with Crippen LogP contribution in [0.1, 0.15) is 42.1 Å². The molecule has 2 heterocycles. The Morgan fingerprint density at radius 1 is 1.19 bits per heavy atom. The van der Waals surface area contributed by atoms with Crippen molar-refractivity contribution in [1.29, 1.82) is 0 Å². The first kappa shape index (κ1) is 22.3. The van der Waals surface area contributed by atoms with E-state index >= 15 is 0 Å². The normalized spacial score (nSPS) is 11.8. The Morgan fingerprint density at radius 2 is 1.90 bits per heavy atom. The molecule has 2 amide bonds. The summed E-state index contributed by atoms with van der Waals surface area (Å²) in [6.07, 6.45) is -4.66. The van der Waals surface area contributed by atoms with Crippen LogP contribution in [-0.4, -0.2) is 20.8 Å². The third-order valence-electron chi connectivity index (χ3n) is 4.65. The number of anilines is 2. The van der Waals surface area contributed by atoms with Crippen LogP contribution in [-0.2, 0) is 19.9 Å². The van der Waals surface area contributed by atoms with Gasteiger partial charge in [-0.3, -0.25) is 15.5 Å². The summed E-state index contributed by atoms with van der Waals surface area (Å²) < 4.78 is 53.6. The molecule has 11 heteroatoms. The summed E-state index contributed by atoms with van der Waals surface area (Å²) in [5, 5.41) is 6.64. The number of carbonyl (C=O) groups is 1. The third kappa shape index (κ3) is 4.86. The van der Waals surface area contributed by atoms with Crippen molar-refractivity contribution in [1.82, 2.24) is 20.2 Å². The minimum Gasteiger partial charge on any atom is -0.307 e. The van der Waals surface area contributed by atoms with Crippen LogP contribution >= 0.6 is 0 Å². The number of nitrogens with one attached hydrogen (secondary N) is 3. The Bertz CT molecular complexity index is 1120. The summed E-state index contributed by atoms with van der Waals surface area (Å²) in [6.45, 7) is 4.75. The molecule has 0 unspecified atom stereocenters. The number of halogens is 4. The summed E-state index contributed by atoms with van der Waals surface area (Å²) in [5.41, 5.74) is 6.79. The highest BCUT2D eigenvalue weighted by atomic mass is 19.4. The molecular weight excluding hydrogens is 416 g/mol. The first-order valence-electron chi connectivity index (χ1n) is 9.44. The molecule has 0 spiro atoms. The van der Waals surface area contributed by atoms with Crippen molar-refractivity contribution in [3.05, 3.63) is 46.6 Å². The van der Waals surface area contributed by atoms with Crippen LogP contribution in [0, 0.1) is 6.92 Å². The van der Waals surface area contributed by atoms with E-state index in [4.69, 9.17) is 0 Å². The van der Waals surface area contributed by atoms with Gasteiger partial charge in [0.25, 0.3) is 0 Å². The van der Waals surface area contributed by atoms with Gasteiger partial charge in [0.2, 0.25) is 0 Å². The number of nitrogens with zero attached hydrogens (tertiary/aromatic N) is 3. The smallest absolute Gasteiger partial charge is 0.307 e. The molecule has 0 atom stereocenters.